The average Bonchev–Trinajstić information content (AvgIpc) is 3.00. The molecule has 3 atom stereocenters. The number of nitrogens with one attached hydrogen (secondary N) is 1. The first-order valence-electron chi connectivity index (χ1n) is 6.29. The zero-order valence-electron chi connectivity index (χ0n) is 11.1. The molecule has 22 heavy (non-hydrogen) atoms. The third-order valence-corrected chi connectivity index (χ3v) is 4.09. The number of hydrogen-bond acceptors (Lipinski definition) is 7. The molecule has 1 aliphatic heterocycles. The van der Waals surface area contributed by atoms with Gasteiger partial charge < -0.3 is 29.1 Å². The van der Waals surface area contributed by atoms with E-state index >= 15 is 0 Å². The van der Waals surface area contributed by atoms with Gasteiger partial charge in [0.15, 0.2) is 11.2 Å². The Kier molecular flexibility index (Phi) is 4.12. The van der Waals surface area contributed by atoms with Crippen molar-refractivity contribution < 1.29 is 24.2 Å². The SMILES string of the molecule is O=c1[nH]cnc2c1ncn2[C@H]1CC(O)[C@@H](COP(O)(O)=S)O1. The zero-order chi connectivity index (χ0) is 15.9. The summed E-state index contributed by atoms with van der Waals surface area (Å²) in [4.78, 5) is 40.1. The lowest BCUT2D eigenvalue weighted by Gasteiger charge is -2.17. The second-order valence-electron chi connectivity index (χ2n) is 4.77. The minimum atomic E-state index is -3.80. The van der Waals surface area contributed by atoms with Crippen LogP contribution in [0, 0.1) is 0 Å². The molecule has 1 fully saturated rings. The zero-order valence-corrected chi connectivity index (χ0v) is 12.8. The number of nitrogens with zero attached hydrogens (tertiary/aromatic N) is 3. The molecule has 3 rings (SSSR count). The monoisotopic (exact) mass is 348 g/mol. The average molecular weight is 348 g/mol. The molecule has 0 radical (unpaired) electrons. The van der Waals surface area contributed by atoms with Crippen LogP contribution in [0.1, 0.15) is 12.6 Å². The molecule has 2 aromatic rings. The molecule has 12 heteroatoms. The molecule has 120 valence electrons. The van der Waals surface area contributed by atoms with E-state index < -0.39 is 25.2 Å². The van der Waals surface area contributed by atoms with Crippen LogP contribution >= 0.6 is 6.72 Å². The Balaban J connectivity index is 1.80. The quantitative estimate of drug-likeness (QED) is 0.511. The van der Waals surface area contributed by atoms with Crippen LogP contribution < -0.4 is 5.56 Å². The van der Waals surface area contributed by atoms with E-state index in [2.05, 4.69) is 26.8 Å². The van der Waals surface area contributed by atoms with E-state index in [1.54, 1.807) is 0 Å². The van der Waals surface area contributed by atoms with Gasteiger partial charge in [-0.15, -0.1) is 0 Å². The predicted molar refractivity (Wildman–Crippen MR) is 77.4 cm³/mol. The Bertz CT molecular complexity index is 787. The van der Waals surface area contributed by atoms with E-state index in [1.165, 1.54) is 17.2 Å². The summed E-state index contributed by atoms with van der Waals surface area (Å²) in [5, 5.41) is 9.97. The van der Waals surface area contributed by atoms with Gasteiger partial charge in [0.25, 0.3) is 5.56 Å². The Labute approximate surface area is 128 Å². The van der Waals surface area contributed by atoms with Crippen molar-refractivity contribution in [3.05, 3.63) is 23.0 Å². The molecule has 0 saturated carbocycles. The number of aromatic nitrogens is 4. The van der Waals surface area contributed by atoms with Gasteiger partial charge in [-0.1, -0.05) is 0 Å². The van der Waals surface area contributed by atoms with Crippen LogP contribution in [0.4, 0.5) is 0 Å². The maximum absolute atomic E-state index is 11.6. The molecule has 4 N–H and O–H groups in total. The lowest BCUT2D eigenvalue weighted by atomic mass is 10.2. The van der Waals surface area contributed by atoms with E-state index in [0.29, 0.717) is 5.65 Å². The van der Waals surface area contributed by atoms with Gasteiger partial charge in [0.05, 0.1) is 25.4 Å². The third-order valence-electron chi connectivity index (χ3n) is 3.29. The standard InChI is InChI=1S/C10H13N4O6PS/c15-5-1-7(20-6(5)2-19-21(17,18)22)14-4-13-8-9(14)11-3-12-10(8)16/h3-7,15H,1-2H2,(H,11,12,16)(H2,17,18,22)/t5?,6-,7-/m1/s1. The first-order chi connectivity index (χ1) is 10.3. The van der Waals surface area contributed by atoms with E-state index in [-0.39, 0.29) is 24.1 Å². The van der Waals surface area contributed by atoms with Crippen molar-refractivity contribution in [1.82, 2.24) is 19.5 Å². The van der Waals surface area contributed by atoms with Gasteiger partial charge in [0, 0.05) is 6.42 Å². The number of imidazole rings is 1. The molecule has 1 aliphatic rings. The van der Waals surface area contributed by atoms with Crippen molar-refractivity contribution in [3.8, 4) is 0 Å². The number of hydrogen-bond donors (Lipinski definition) is 4. The second kappa shape index (κ2) is 5.78. The summed E-state index contributed by atoms with van der Waals surface area (Å²) in [6, 6.07) is 0. The van der Waals surface area contributed by atoms with Crippen molar-refractivity contribution in [3.63, 3.8) is 0 Å². The van der Waals surface area contributed by atoms with E-state index in [1.807, 2.05) is 0 Å². The Hall–Kier alpha value is -1.20. The Morgan fingerprint density at radius 2 is 2.32 bits per heavy atom. The summed E-state index contributed by atoms with van der Waals surface area (Å²) >= 11 is 4.34. The summed E-state index contributed by atoms with van der Waals surface area (Å²) in [5.74, 6) is 0. The highest BCUT2D eigenvalue weighted by Gasteiger charge is 2.36. The van der Waals surface area contributed by atoms with Crippen molar-refractivity contribution in [1.29, 1.82) is 0 Å². The maximum Gasteiger partial charge on any atom is 0.321 e. The number of ether oxygens (including phenoxy) is 1. The topological polar surface area (TPSA) is 143 Å². The van der Waals surface area contributed by atoms with Gasteiger partial charge in [-0.05, 0) is 11.8 Å². The predicted octanol–water partition coefficient (Wildman–Crippen LogP) is -1.01. The van der Waals surface area contributed by atoms with Crippen molar-refractivity contribution >= 4 is 29.7 Å². The fraction of sp³-hybridized carbons (Fsp3) is 0.500. The summed E-state index contributed by atoms with van der Waals surface area (Å²) in [6.07, 6.45) is 0.613. The third kappa shape index (κ3) is 3.10. The fourth-order valence-electron chi connectivity index (χ4n) is 2.28. The highest BCUT2D eigenvalue weighted by atomic mass is 32.5. The molecule has 10 nitrogen and oxygen atoms in total. The van der Waals surface area contributed by atoms with Gasteiger partial charge in [0.1, 0.15) is 12.3 Å². The first-order valence-corrected chi connectivity index (χ1v) is 8.91. The first kappa shape index (κ1) is 15.7. The number of fused-ring (bicyclic) bond motifs is 1. The normalized spacial score (nSPS) is 25.9. The van der Waals surface area contributed by atoms with Crippen LogP contribution in [0.3, 0.4) is 0 Å². The van der Waals surface area contributed by atoms with Gasteiger partial charge in [-0.2, -0.15) is 0 Å². The Morgan fingerprint density at radius 1 is 1.55 bits per heavy atom. The number of H-pyrrole nitrogens is 1. The summed E-state index contributed by atoms with van der Waals surface area (Å²) in [5.41, 5.74) is 0.127. The molecule has 1 unspecified atom stereocenters. The molecular formula is C10H13N4O6PS. The number of aromatic amines is 1. The van der Waals surface area contributed by atoms with Crippen molar-refractivity contribution in [2.24, 2.45) is 0 Å². The lowest BCUT2D eigenvalue weighted by molar-refractivity contribution is -0.0399. The van der Waals surface area contributed by atoms with Crippen LogP contribution in [0.25, 0.3) is 11.2 Å². The van der Waals surface area contributed by atoms with Crippen molar-refractivity contribution in [2.75, 3.05) is 6.61 Å². The molecule has 0 aliphatic carbocycles. The van der Waals surface area contributed by atoms with Crippen LogP contribution in [-0.2, 0) is 21.1 Å². The van der Waals surface area contributed by atoms with Crippen molar-refractivity contribution in [2.45, 2.75) is 24.9 Å². The summed E-state index contributed by atoms with van der Waals surface area (Å²) in [7, 11) is 0. The summed E-state index contributed by atoms with van der Waals surface area (Å²) < 4.78 is 11.8. The van der Waals surface area contributed by atoms with E-state index in [9.17, 15) is 9.90 Å². The minimum absolute atomic E-state index is 0.168. The van der Waals surface area contributed by atoms with Gasteiger partial charge >= 0.3 is 6.72 Å². The largest absolute Gasteiger partial charge is 0.390 e. The lowest BCUT2D eigenvalue weighted by Crippen LogP contribution is -2.25. The molecule has 3 heterocycles. The van der Waals surface area contributed by atoms with Gasteiger partial charge in [-0.3, -0.25) is 9.36 Å². The number of aliphatic hydroxyl groups is 1. The molecule has 0 amide bonds. The fourth-order valence-corrected chi connectivity index (χ4v) is 2.80. The summed E-state index contributed by atoms with van der Waals surface area (Å²) in [6.45, 7) is -4.05. The van der Waals surface area contributed by atoms with Crippen LogP contribution in [0.15, 0.2) is 17.4 Å². The molecule has 1 saturated heterocycles. The molecule has 0 aromatic carbocycles. The second-order valence-corrected chi connectivity index (χ2v) is 7.44. The Morgan fingerprint density at radius 3 is 3.05 bits per heavy atom. The highest BCUT2D eigenvalue weighted by molar-refractivity contribution is 8.06. The smallest absolute Gasteiger partial charge is 0.321 e. The van der Waals surface area contributed by atoms with Crippen LogP contribution in [0.2, 0.25) is 0 Å². The van der Waals surface area contributed by atoms with Gasteiger partial charge in [-0.25, -0.2) is 9.97 Å². The van der Waals surface area contributed by atoms with Crippen LogP contribution in [-0.4, -0.2) is 53.2 Å². The highest BCUT2D eigenvalue weighted by Crippen LogP contribution is 2.38. The van der Waals surface area contributed by atoms with E-state index in [4.69, 9.17) is 19.0 Å². The minimum Gasteiger partial charge on any atom is -0.390 e. The molecule has 0 spiro atoms. The van der Waals surface area contributed by atoms with Gasteiger partial charge in [0.2, 0.25) is 0 Å². The van der Waals surface area contributed by atoms with Crippen LogP contribution in [0.5, 0.6) is 0 Å². The number of aliphatic hydroxyl groups excluding tert-OH is 1. The molecule has 0 bridgehead atoms. The molecule has 2 aromatic heterocycles. The van der Waals surface area contributed by atoms with E-state index in [0.717, 1.165) is 0 Å². The maximum atomic E-state index is 11.6. The number of rotatable bonds is 4. The molecular weight excluding hydrogens is 335 g/mol.